The number of likely N-dealkylation sites (tertiary alicyclic amines) is 1. The summed E-state index contributed by atoms with van der Waals surface area (Å²) >= 11 is 2.06. The minimum absolute atomic E-state index is 0.181. The molecule has 1 aliphatic carbocycles. The molecule has 2 N–H and O–H groups in total. The Bertz CT molecular complexity index is 1100. The number of benzene rings is 1. The number of aryl methyl sites for hydroxylation is 2. The van der Waals surface area contributed by atoms with E-state index in [4.69, 9.17) is 0 Å². The zero-order valence-corrected chi connectivity index (χ0v) is 18.6. The van der Waals surface area contributed by atoms with Crippen LogP contribution in [0.4, 0.5) is 0 Å². The molecule has 6 nitrogen and oxygen atoms in total. The largest absolute Gasteiger partial charge is 0.353 e. The van der Waals surface area contributed by atoms with Crippen molar-refractivity contribution >= 4 is 28.6 Å². The number of rotatable bonds is 2. The van der Waals surface area contributed by atoms with Gasteiger partial charge in [-0.3, -0.25) is 14.8 Å². The number of hydrogen-bond acceptors (Lipinski definition) is 4. The molecule has 2 saturated heterocycles. The third kappa shape index (κ3) is 3.48. The van der Waals surface area contributed by atoms with Gasteiger partial charge in [0.2, 0.25) is 0 Å². The Morgan fingerprint density at radius 1 is 1.06 bits per heavy atom. The highest BCUT2D eigenvalue weighted by Gasteiger charge is 2.29. The smallest absolute Gasteiger partial charge is 0.253 e. The van der Waals surface area contributed by atoms with Crippen molar-refractivity contribution in [3.63, 3.8) is 0 Å². The number of H-pyrrole nitrogens is 2. The Balaban J connectivity index is 1.23. The van der Waals surface area contributed by atoms with Gasteiger partial charge in [0.05, 0.1) is 17.6 Å². The lowest BCUT2D eigenvalue weighted by Gasteiger charge is -2.40. The molecular formula is C24H29N5OS. The number of nitrogens with one attached hydrogen (secondary N) is 2. The summed E-state index contributed by atoms with van der Waals surface area (Å²) in [6.07, 6.45) is 7.31. The number of amides is 1. The fraction of sp³-hybridized carbons (Fsp3) is 0.500. The molecule has 0 spiro atoms. The molecule has 0 unspecified atom stereocenters. The molecule has 7 heteroatoms. The van der Waals surface area contributed by atoms with Crippen LogP contribution >= 0.6 is 11.8 Å². The molecule has 3 aliphatic rings. The number of hydrogen-bond donors (Lipinski definition) is 2. The number of piperidine rings is 1. The van der Waals surface area contributed by atoms with Gasteiger partial charge < -0.3 is 9.88 Å². The van der Waals surface area contributed by atoms with E-state index in [0.717, 1.165) is 67.7 Å². The molecule has 1 aromatic carbocycles. The van der Waals surface area contributed by atoms with E-state index in [9.17, 15) is 4.79 Å². The molecule has 31 heavy (non-hydrogen) atoms. The molecule has 2 fully saturated rings. The Hall–Kier alpha value is -2.25. The number of nitrogens with zero attached hydrogens (tertiary/aromatic N) is 3. The van der Waals surface area contributed by atoms with E-state index in [1.165, 1.54) is 41.1 Å². The van der Waals surface area contributed by atoms with Crippen LogP contribution in [0.1, 0.15) is 40.7 Å². The van der Waals surface area contributed by atoms with Gasteiger partial charge in [-0.05, 0) is 61.4 Å². The molecule has 2 aliphatic heterocycles. The molecule has 6 rings (SSSR count). The number of aromatic amines is 2. The Morgan fingerprint density at radius 3 is 2.74 bits per heavy atom. The summed E-state index contributed by atoms with van der Waals surface area (Å²) in [5.41, 5.74) is 6.76. The highest BCUT2D eigenvalue weighted by Crippen LogP contribution is 2.36. The van der Waals surface area contributed by atoms with Gasteiger partial charge in [0.15, 0.2) is 0 Å². The molecule has 162 valence electrons. The van der Waals surface area contributed by atoms with Gasteiger partial charge in [-0.1, -0.05) is 0 Å². The average molecular weight is 436 g/mol. The van der Waals surface area contributed by atoms with Gasteiger partial charge in [-0.2, -0.15) is 16.9 Å². The van der Waals surface area contributed by atoms with E-state index < -0.39 is 0 Å². The zero-order valence-electron chi connectivity index (χ0n) is 17.8. The molecule has 0 saturated carbocycles. The first-order chi connectivity index (χ1) is 15.3. The van der Waals surface area contributed by atoms with Crippen LogP contribution in [0.2, 0.25) is 0 Å². The molecule has 2 aromatic heterocycles. The van der Waals surface area contributed by atoms with Crippen LogP contribution in [0.25, 0.3) is 22.3 Å². The Labute approximate surface area is 186 Å². The summed E-state index contributed by atoms with van der Waals surface area (Å²) in [6, 6.07) is 6.83. The number of carbonyl (C=O) groups is 1. The minimum atomic E-state index is 0.181. The first-order valence-electron chi connectivity index (χ1n) is 11.6. The Kier molecular flexibility index (Phi) is 5.03. The highest BCUT2D eigenvalue weighted by atomic mass is 32.2. The van der Waals surface area contributed by atoms with E-state index in [1.807, 2.05) is 12.3 Å². The van der Waals surface area contributed by atoms with Crippen molar-refractivity contribution in [3.05, 3.63) is 41.1 Å². The fourth-order valence-electron chi connectivity index (χ4n) is 5.59. The van der Waals surface area contributed by atoms with Crippen molar-refractivity contribution in [1.82, 2.24) is 25.0 Å². The van der Waals surface area contributed by atoms with E-state index in [0.29, 0.717) is 6.04 Å². The lowest BCUT2D eigenvalue weighted by atomic mass is 10.0. The number of fused-ring (bicyclic) bond motifs is 5. The summed E-state index contributed by atoms with van der Waals surface area (Å²) in [7, 11) is 0. The number of carbonyl (C=O) groups excluding carboxylic acids is 1. The first-order valence-corrected chi connectivity index (χ1v) is 12.7. The molecule has 4 heterocycles. The fourth-order valence-corrected chi connectivity index (χ4v) is 6.52. The third-order valence-electron chi connectivity index (χ3n) is 7.31. The van der Waals surface area contributed by atoms with Gasteiger partial charge >= 0.3 is 0 Å². The summed E-state index contributed by atoms with van der Waals surface area (Å²) in [4.78, 5) is 21.6. The second-order valence-corrected chi connectivity index (χ2v) is 10.3. The van der Waals surface area contributed by atoms with Crippen molar-refractivity contribution in [2.45, 2.75) is 38.1 Å². The van der Waals surface area contributed by atoms with Crippen LogP contribution in [0, 0.1) is 0 Å². The van der Waals surface area contributed by atoms with Crippen LogP contribution in [0.3, 0.4) is 0 Å². The summed E-state index contributed by atoms with van der Waals surface area (Å²) in [6.45, 7) is 4.15. The maximum absolute atomic E-state index is 13.3. The Morgan fingerprint density at radius 2 is 1.90 bits per heavy atom. The third-order valence-corrected chi connectivity index (χ3v) is 8.25. The van der Waals surface area contributed by atoms with Crippen molar-refractivity contribution in [2.24, 2.45) is 0 Å². The molecule has 3 aromatic rings. The van der Waals surface area contributed by atoms with Crippen molar-refractivity contribution in [3.8, 4) is 11.4 Å². The second-order valence-electron chi connectivity index (χ2n) is 9.03. The number of aromatic nitrogens is 3. The molecule has 0 radical (unpaired) electrons. The molecule has 1 amide bonds. The van der Waals surface area contributed by atoms with Gasteiger partial charge in [-0.25, -0.2) is 0 Å². The van der Waals surface area contributed by atoms with Gasteiger partial charge in [0, 0.05) is 60.2 Å². The standard InChI is InChI=1S/C24H29N5OS/c30-24(29-8-6-18(7-9-29)28-10-12-31-13-11-28)16-4-5-21-20(14-16)19-3-1-2-17-15-25-27-22(17)23(19)26-21/h4-5,14-15,18,26H,1-3,6-13H2,(H,25,27). The van der Waals surface area contributed by atoms with Crippen LogP contribution in [-0.2, 0) is 12.8 Å². The zero-order chi connectivity index (χ0) is 20.8. The highest BCUT2D eigenvalue weighted by molar-refractivity contribution is 7.99. The summed E-state index contributed by atoms with van der Waals surface area (Å²) in [5, 5.41) is 8.61. The quantitative estimate of drug-likeness (QED) is 0.644. The van der Waals surface area contributed by atoms with Gasteiger partial charge in [-0.15, -0.1) is 0 Å². The topological polar surface area (TPSA) is 68.0 Å². The van der Waals surface area contributed by atoms with E-state index in [-0.39, 0.29) is 5.91 Å². The maximum Gasteiger partial charge on any atom is 0.253 e. The lowest BCUT2D eigenvalue weighted by Crippen LogP contribution is -2.49. The van der Waals surface area contributed by atoms with E-state index >= 15 is 0 Å². The first kappa shape index (κ1) is 19.4. The van der Waals surface area contributed by atoms with E-state index in [1.54, 1.807) is 0 Å². The molecule has 0 atom stereocenters. The SMILES string of the molecule is O=C(c1ccc2[nH]c3c(c2c1)CCCc1cn[nH]c1-3)N1CCC(N2CCSCC2)CC1. The van der Waals surface area contributed by atoms with Crippen molar-refractivity contribution in [1.29, 1.82) is 0 Å². The normalized spacial score (nSPS) is 20.5. The van der Waals surface area contributed by atoms with E-state index in [2.05, 4.69) is 48.9 Å². The van der Waals surface area contributed by atoms with Crippen molar-refractivity contribution < 1.29 is 4.79 Å². The summed E-state index contributed by atoms with van der Waals surface area (Å²) < 4.78 is 0. The second kappa shape index (κ2) is 8.02. The van der Waals surface area contributed by atoms with Crippen LogP contribution in [-0.4, -0.2) is 74.6 Å². The molecular weight excluding hydrogens is 406 g/mol. The van der Waals surface area contributed by atoms with Gasteiger partial charge in [0.25, 0.3) is 5.91 Å². The van der Waals surface area contributed by atoms with Gasteiger partial charge in [0.1, 0.15) is 0 Å². The van der Waals surface area contributed by atoms with Crippen LogP contribution < -0.4 is 0 Å². The minimum Gasteiger partial charge on any atom is -0.353 e. The average Bonchev–Trinajstić information content (AvgIpc) is 3.39. The maximum atomic E-state index is 13.3. The predicted molar refractivity (Wildman–Crippen MR) is 126 cm³/mol. The lowest BCUT2D eigenvalue weighted by molar-refractivity contribution is 0.0631. The molecule has 0 bridgehead atoms. The summed E-state index contributed by atoms with van der Waals surface area (Å²) in [5.74, 6) is 2.68. The monoisotopic (exact) mass is 435 g/mol. The predicted octanol–water partition coefficient (Wildman–Crippen LogP) is 3.70. The van der Waals surface area contributed by atoms with Crippen molar-refractivity contribution in [2.75, 3.05) is 37.7 Å². The van der Waals surface area contributed by atoms with Crippen LogP contribution in [0.5, 0.6) is 0 Å². The van der Waals surface area contributed by atoms with Crippen LogP contribution in [0.15, 0.2) is 24.4 Å². The number of thioether (sulfide) groups is 1.